The highest BCUT2D eigenvalue weighted by Gasteiger charge is 2.36. The molecule has 0 saturated carbocycles. The second kappa shape index (κ2) is 7.55. The van der Waals surface area contributed by atoms with Crippen molar-refractivity contribution in [3.63, 3.8) is 0 Å². The molecule has 1 fully saturated rings. The van der Waals surface area contributed by atoms with Crippen molar-refractivity contribution in [1.29, 1.82) is 0 Å². The van der Waals surface area contributed by atoms with E-state index in [1.54, 1.807) is 17.0 Å². The van der Waals surface area contributed by atoms with Crippen LogP contribution in [0, 0.1) is 5.41 Å². The van der Waals surface area contributed by atoms with Gasteiger partial charge < -0.3 is 15.4 Å². The van der Waals surface area contributed by atoms with Gasteiger partial charge in [0.1, 0.15) is 12.1 Å². The van der Waals surface area contributed by atoms with Crippen LogP contribution in [0.3, 0.4) is 0 Å². The summed E-state index contributed by atoms with van der Waals surface area (Å²) in [6.07, 6.45) is 2.31. The molecule has 8 nitrogen and oxygen atoms in total. The van der Waals surface area contributed by atoms with Crippen molar-refractivity contribution in [2.45, 2.75) is 13.3 Å². The van der Waals surface area contributed by atoms with Gasteiger partial charge in [-0.25, -0.2) is 0 Å². The number of ether oxygens (including phenoxy) is 1. The minimum absolute atomic E-state index is 0. The number of aromatic nitrogens is 4. The standard InChI is InChI=1S/C15H19ClN6O2.ClH/c1-15(7-17)3-4-21(8-15)14(23)10-5-11(16)12(6-13(10)24-2)22-9-18-19-20-22;/h5-6,9H,3-4,7-8,17H2,1-2H3;1H. The van der Waals surface area contributed by atoms with Crippen LogP contribution in [0.5, 0.6) is 5.75 Å². The number of amides is 1. The average Bonchev–Trinajstić information content (AvgIpc) is 3.24. The zero-order valence-corrected chi connectivity index (χ0v) is 15.5. The summed E-state index contributed by atoms with van der Waals surface area (Å²) in [5, 5.41) is 11.4. The maximum absolute atomic E-state index is 12.9. The average molecular weight is 387 g/mol. The molecule has 0 bridgehead atoms. The molecule has 0 aliphatic carbocycles. The molecular weight excluding hydrogens is 367 g/mol. The van der Waals surface area contributed by atoms with E-state index in [9.17, 15) is 4.79 Å². The number of hydrogen-bond donors (Lipinski definition) is 1. The maximum atomic E-state index is 12.9. The molecule has 1 saturated heterocycles. The summed E-state index contributed by atoms with van der Waals surface area (Å²) in [7, 11) is 1.51. The third-order valence-corrected chi connectivity index (χ3v) is 4.74. The molecular formula is C15H20Cl2N6O2. The van der Waals surface area contributed by atoms with Crippen molar-refractivity contribution in [2.24, 2.45) is 11.1 Å². The molecule has 1 aliphatic heterocycles. The second-order valence-corrected chi connectivity index (χ2v) is 6.66. The Kier molecular flexibility index (Phi) is 5.87. The number of nitrogens with zero attached hydrogens (tertiary/aromatic N) is 5. The lowest BCUT2D eigenvalue weighted by Crippen LogP contribution is -2.34. The molecule has 1 aromatic carbocycles. The number of carbonyl (C=O) groups excluding carboxylic acids is 1. The van der Waals surface area contributed by atoms with Gasteiger partial charge in [-0.15, -0.1) is 17.5 Å². The van der Waals surface area contributed by atoms with Crippen LogP contribution in [0.25, 0.3) is 5.69 Å². The Balaban J connectivity index is 0.00000225. The first-order chi connectivity index (χ1) is 11.5. The lowest BCUT2D eigenvalue weighted by Gasteiger charge is -2.23. The van der Waals surface area contributed by atoms with Gasteiger partial charge in [0.05, 0.1) is 23.4 Å². The fourth-order valence-corrected chi connectivity index (χ4v) is 3.11. The lowest BCUT2D eigenvalue weighted by molar-refractivity contribution is 0.0773. The van der Waals surface area contributed by atoms with Crippen LogP contribution in [0.15, 0.2) is 18.5 Å². The fourth-order valence-electron chi connectivity index (χ4n) is 2.86. The predicted octanol–water partition coefficient (Wildman–Crippen LogP) is 1.56. The zero-order chi connectivity index (χ0) is 17.3. The molecule has 2 heterocycles. The molecule has 1 unspecified atom stereocenters. The normalized spacial score (nSPS) is 19.6. The molecule has 0 radical (unpaired) electrons. The Labute approximate surface area is 156 Å². The van der Waals surface area contributed by atoms with Gasteiger partial charge in [0, 0.05) is 19.2 Å². The number of carbonyl (C=O) groups is 1. The third-order valence-electron chi connectivity index (χ3n) is 4.43. The molecule has 2 aromatic rings. The van der Waals surface area contributed by atoms with E-state index in [2.05, 4.69) is 22.4 Å². The number of rotatable bonds is 4. The monoisotopic (exact) mass is 386 g/mol. The van der Waals surface area contributed by atoms with Gasteiger partial charge in [0.15, 0.2) is 0 Å². The summed E-state index contributed by atoms with van der Waals surface area (Å²) in [6, 6.07) is 3.25. The molecule has 3 rings (SSSR count). The van der Waals surface area contributed by atoms with E-state index in [4.69, 9.17) is 22.1 Å². The molecule has 1 amide bonds. The Bertz CT molecular complexity index is 755. The van der Waals surface area contributed by atoms with Crippen molar-refractivity contribution in [3.05, 3.63) is 29.0 Å². The minimum atomic E-state index is -0.116. The summed E-state index contributed by atoms with van der Waals surface area (Å²) < 4.78 is 6.80. The highest BCUT2D eigenvalue weighted by Crippen LogP contribution is 2.34. The molecule has 1 aromatic heterocycles. The van der Waals surface area contributed by atoms with Crippen molar-refractivity contribution in [1.82, 2.24) is 25.1 Å². The summed E-state index contributed by atoms with van der Waals surface area (Å²) in [5.41, 5.74) is 6.74. The fraction of sp³-hybridized carbons (Fsp3) is 0.467. The number of hydrogen-bond acceptors (Lipinski definition) is 6. The van der Waals surface area contributed by atoms with Gasteiger partial charge in [-0.05, 0) is 34.9 Å². The summed E-state index contributed by atoms with van der Waals surface area (Å²) in [4.78, 5) is 14.7. The first-order valence-corrected chi connectivity index (χ1v) is 7.95. The van der Waals surface area contributed by atoms with Crippen LogP contribution >= 0.6 is 24.0 Å². The quantitative estimate of drug-likeness (QED) is 0.855. The minimum Gasteiger partial charge on any atom is -0.496 e. The first kappa shape index (κ1) is 19.4. The van der Waals surface area contributed by atoms with Crippen molar-refractivity contribution in [3.8, 4) is 11.4 Å². The van der Waals surface area contributed by atoms with E-state index in [1.165, 1.54) is 18.1 Å². The van der Waals surface area contributed by atoms with E-state index < -0.39 is 0 Å². The summed E-state index contributed by atoms with van der Waals surface area (Å²) in [6.45, 7) is 3.93. The zero-order valence-electron chi connectivity index (χ0n) is 14.0. The second-order valence-electron chi connectivity index (χ2n) is 6.25. The van der Waals surface area contributed by atoms with E-state index >= 15 is 0 Å². The Morgan fingerprint density at radius 1 is 1.48 bits per heavy atom. The molecule has 10 heteroatoms. The van der Waals surface area contributed by atoms with Crippen LogP contribution in [-0.4, -0.2) is 57.8 Å². The number of halogens is 2. The van der Waals surface area contributed by atoms with Gasteiger partial charge in [-0.1, -0.05) is 18.5 Å². The van der Waals surface area contributed by atoms with Gasteiger partial charge in [0.25, 0.3) is 5.91 Å². The van der Waals surface area contributed by atoms with E-state index in [1.807, 2.05) is 0 Å². The smallest absolute Gasteiger partial charge is 0.257 e. The third kappa shape index (κ3) is 3.70. The van der Waals surface area contributed by atoms with Crippen LogP contribution in [0.2, 0.25) is 5.02 Å². The molecule has 2 N–H and O–H groups in total. The number of tetrazole rings is 1. The van der Waals surface area contributed by atoms with Crippen LogP contribution in [0.1, 0.15) is 23.7 Å². The molecule has 136 valence electrons. The van der Waals surface area contributed by atoms with Crippen molar-refractivity contribution in [2.75, 3.05) is 26.7 Å². The Morgan fingerprint density at radius 3 is 2.80 bits per heavy atom. The SMILES string of the molecule is COc1cc(-n2cnnn2)c(Cl)cc1C(=O)N1CCC(C)(CN)C1.Cl. The summed E-state index contributed by atoms with van der Waals surface area (Å²) in [5.74, 6) is 0.311. The molecule has 0 spiro atoms. The van der Waals surface area contributed by atoms with E-state index in [0.29, 0.717) is 41.7 Å². The lowest BCUT2D eigenvalue weighted by atomic mass is 9.90. The Morgan fingerprint density at radius 2 is 2.24 bits per heavy atom. The molecule has 1 aliphatic rings. The van der Waals surface area contributed by atoms with Crippen molar-refractivity contribution >= 4 is 29.9 Å². The number of benzene rings is 1. The van der Waals surface area contributed by atoms with Gasteiger partial charge in [0.2, 0.25) is 0 Å². The molecule has 25 heavy (non-hydrogen) atoms. The first-order valence-electron chi connectivity index (χ1n) is 7.58. The van der Waals surface area contributed by atoms with Crippen LogP contribution < -0.4 is 10.5 Å². The van der Waals surface area contributed by atoms with E-state index in [0.717, 1.165) is 6.42 Å². The predicted molar refractivity (Wildman–Crippen MR) is 95.6 cm³/mol. The number of methoxy groups -OCH3 is 1. The van der Waals surface area contributed by atoms with Crippen molar-refractivity contribution < 1.29 is 9.53 Å². The topological polar surface area (TPSA) is 99.2 Å². The van der Waals surface area contributed by atoms with E-state index in [-0.39, 0.29) is 23.7 Å². The highest BCUT2D eigenvalue weighted by molar-refractivity contribution is 6.33. The summed E-state index contributed by atoms with van der Waals surface area (Å²) >= 11 is 6.32. The van der Waals surface area contributed by atoms with Gasteiger partial charge in [-0.3, -0.25) is 4.79 Å². The molecule has 1 atom stereocenters. The number of nitrogens with two attached hydrogens (primary N) is 1. The maximum Gasteiger partial charge on any atom is 0.257 e. The number of likely N-dealkylation sites (tertiary alicyclic amines) is 1. The Hall–Kier alpha value is -1.90. The van der Waals surface area contributed by atoms with Crippen LogP contribution in [0.4, 0.5) is 0 Å². The highest BCUT2D eigenvalue weighted by atomic mass is 35.5. The van der Waals surface area contributed by atoms with Gasteiger partial charge >= 0.3 is 0 Å². The van der Waals surface area contributed by atoms with Crippen LogP contribution in [-0.2, 0) is 0 Å². The largest absolute Gasteiger partial charge is 0.496 e. The van der Waals surface area contributed by atoms with Gasteiger partial charge in [-0.2, -0.15) is 4.68 Å².